The highest BCUT2D eigenvalue weighted by molar-refractivity contribution is 5.94. The molecule has 0 aromatic heterocycles. The molecular formula is C35H50N2O5. The van der Waals surface area contributed by atoms with E-state index < -0.39 is 17.6 Å². The first-order chi connectivity index (χ1) is 19.7. The lowest BCUT2D eigenvalue weighted by atomic mass is 9.48. The number of amides is 1. The molecule has 1 aromatic carbocycles. The van der Waals surface area contributed by atoms with Crippen LogP contribution in [0.3, 0.4) is 0 Å². The van der Waals surface area contributed by atoms with Gasteiger partial charge in [-0.25, -0.2) is 0 Å². The zero-order chi connectivity index (χ0) is 30.4. The van der Waals surface area contributed by atoms with Crippen molar-refractivity contribution in [3.05, 3.63) is 47.5 Å². The topological polar surface area (TPSA) is 91.4 Å². The summed E-state index contributed by atoms with van der Waals surface area (Å²) < 4.78 is 13.1. The number of hydrogen-bond acceptors (Lipinski definition) is 6. The SMILES string of the molecule is CC(=O)OC1CC2C3(CC4=CC(O)C(NC(=O)c5ccccc5)C(C)(C)C41)OC3CC1(C)C(C(C)N(C)C)CCC21C. The molecule has 1 saturated heterocycles. The van der Waals surface area contributed by atoms with Gasteiger partial charge in [-0.2, -0.15) is 0 Å². The zero-order valence-corrected chi connectivity index (χ0v) is 26.6. The van der Waals surface area contributed by atoms with Crippen molar-refractivity contribution in [3.63, 3.8) is 0 Å². The smallest absolute Gasteiger partial charge is 0.302 e. The first kappa shape index (κ1) is 29.8. The second-order valence-electron chi connectivity index (χ2n) is 15.4. The number of esters is 1. The fourth-order valence-electron chi connectivity index (χ4n) is 10.5. The molecule has 7 nitrogen and oxygen atoms in total. The number of nitrogens with one attached hydrogen (secondary N) is 1. The summed E-state index contributed by atoms with van der Waals surface area (Å²) in [7, 11) is 4.37. The standard InChI is InChI=1S/C35H50N2O5/c1-20(37(7)8)24-14-15-33(5)27-17-26(41-21(2)38)29-23(18-35(27)28(42-35)19-34(24,33)6)16-25(39)30(32(29,3)4)36-31(40)22-12-10-9-11-13-22/h9-13,16,20,24-30,39H,14-15,17-19H2,1-8H3,(H,36,40). The van der Waals surface area contributed by atoms with Crippen LogP contribution in [-0.4, -0.2) is 72.0 Å². The molecule has 4 fully saturated rings. The summed E-state index contributed by atoms with van der Waals surface area (Å²) in [5.74, 6) is 0.144. The van der Waals surface area contributed by atoms with Gasteiger partial charge in [0.15, 0.2) is 0 Å². The number of benzene rings is 1. The summed E-state index contributed by atoms with van der Waals surface area (Å²) in [6, 6.07) is 9.05. The first-order valence-electron chi connectivity index (χ1n) is 15.9. The third-order valence-electron chi connectivity index (χ3n) is 13.0. The maximum absolute atomic E-state index is 13.3. The number of nitrogens with zero attached hydrogens (tertiary/aromatic N) is 1. The van der Waals surface area contributed by atoms with Crippen LogP contribution in [0.2, 0.25) is 0 Å². The number of ether oxygens (including phenoxy) is 2. The molecule has 1 aliphatic heterocycles. The molecule has 0 radical (unpaired) electrons. The van der Waals surface area contributed by atoms with E-state index in [0.29, 0.717) is 17.5 Å². The van der Waals surface area contributed by atoms with Gasteiger partial charge in [0.2, 0.25) is 0 Å². The Balaban J connectivity index is 1.38. The van der Waals surface area contributed by atoms with E-state index in [-0.39, 0.29) is 52.4 Å². The lowest BCUT2D eigenvalue weighted by Crippen LogP contribution is -2.59. The van der Waals surface area contributed by atoms with Crippen LogP contribution in [0.5, 0.6) is 0 Å². The Hall–Kier alpha value is -2.22. The number of hydrogen-bond donors (Lipinski definition) is 2. The molecular weight excluding hydrogens is 528 g/mol. The molecule has 11 unspecified atom stereocenters. The lowest BCUT2D eigenvalue weighted by molar-refractivity contribution is -0.155. The molecule has 11 atom stereocenters. The molecule has 3 saturated carbocycles. The van der Waals surface area contributed by atoms with Crippen LogP contribution in [0.4, 0.5) is 0 Å². The maximum atomic E-state index is 13.3. The monoisotopic (exact) mass is 578 g/mol. The molecule has 4 aliphatic carbocycles. The van der Waals surface area contributed by atoms with Gasteiger partial charge in [0, 0.05) is 36.8 Å². The van der Waals surface area contributed by atoms with E-state index in [1.165, 1.54) is 13.3 Å². The Bertz CT molecular complexity index is 1280. The second kappa shape index (κ2) is 9.90. The number of aliphatic hydroxyl groups is 1. The Morgan fingerprint density at radius 3 is 2.45 bits per heavy atom. The summed E-state index contributed by atoms with van der Waals surface area (Å²) in [5, 5.41) is 14.7. The van der Waals surface area contributed by atoms with Crippen LogP contribution < -0.4 is 5.32 Å². The average molecular weight is 579 g/mol. The van der Waals surface area contributed by atoms with Crippen LogP contribution in [-0.2, 0) is 14.3 Å². The summed E-state index contributed by atoms with van der Waals surface area (Å²) in [5.41, 5.74) is 0.937. The number of carbonyl (C=O) groups excluding carboxylic acids is 2. The molecule has 2 N–H and O–H groups in total. The average Bonchev–Trinajstić information content (AvgIpc) is 3.55. The molecule has 230 valence electrons. The Labute approximate surface area is 251 Å². The highest BCUT2D eigenvalue weighted by Gasteiger charge is 2.77. The highest BCUT2D eigenvalue weighted by atomic mass is 16.6. The van der Waals surface area contributed by atoms with E-state index in [4.69, 9.17) is 9.47 Å². The Morgan fingerprint density at radius 1 is 1.12 bits per heavy atom. The maximum Gasteiger partial charge on any atom is 0.302 e. The van der Waals surface area contributed by atoms with Crippen LogP contribution >= 0.6 is 0 Å². The molecule has 7 heteroatoms. The molecule has 1 heterocycles. The van der Waals surface area contributed by atoms with Crippen molar-refractivity contribution in [3.8, 4) is 0 Å². The summed E-state index contributed by atoms with van der Waals surface area (Å²) in [4.78, 5) is 28.3. The van der Waals surface area contributed by atoms with E-state index in [1.54, 1.807) is 12.1 Å². The number of aliphatic hydroxyl groups excluding tert-OH is 1. The number of rotatable bonds is 5. The van der Waals surface area contributed by atoms with Crippen molar-refractivity contribution in [1.82, 2.24) is 10.2 Å². The van der Waals surface area contributed by atoms with Crippen LogP contribution in [0.15, 0.2) is 42.0 Å². The van der Waals surface area contributed by atoms with Crippen molar-refractivity contribution in [2.45, 2.75) is 110 Å². The minimum absolute atomic E-state index is 0.0328. The first-order valence-corrected chi connectivity index (χ1v) is 15.9. The van der Waals surface area contributed by atoms with Gasteiger partial charge in [0.25, 0.3) is 5.91 Å². The van der Waals surface area contributed by atoms with Crippen molar-refractivity contribution in [2.75, 3.05) is 14.1 Å². The predicted molar refractivity (Wildman–Crippen MR) is 162 cm³/mol. The van der Waals surface area contributed by atoms with Gasteiger partial charge in [-0.15, -0.1) is 0 Å². The lowest BCUT2D eigenvalue weighted by Gasteiger charge is -2.55. The van der Waals surface area contributed by atoms with Crippen molar-refractivity contribution < 1.29 is 24.2 Å². The molecule has 1 amide bonds. The van der Waals surface area contributed by atoms with E-state index in [1.807, 2.05) is 24.3 Å². The largest absolute Gasteiger partial charge is 0.462 e. The van der Waals surface area contributed by atoms with Gasteiger partial charge in [-0.05, 0) is 81.0 Å². The van der Waals surface area contributed by atoms with E-state index >= 15 is 0 Å². The normalized spacial score (nSPS) is 44.0. The van der Waals surface area contributed by atoms with Crippen LogP contribution in [0.1, 0.15) is 84.0 Å². The summed E-state index contributed by atoms with van der Waals surface area (Å²) in [6.07, 6.45) is 5.72. The third kappa shape index (κ3) is 4.24. The second-order valence-corrected chi connectivity index (χ2v) is 15.4. The molecule has 6 rings (SSSR count). The highest BCUT2D eigenvalue weighted by Crippen LogP contribution is 2.76. The minimum atomic E-state index is -0.858. The predicted octanol–water partition coefficient (Wildman–Crippen LogP) is 4.98. The molecule has 1 spiro atoms. The number of fused-ring (bicyclic) bond motifs is 3. The summed E-state index contributed by atoms with van der Waals surface area (Å²) >= 11 is 0. The van der Waals surface area contributed by atoms with Gasteiger partial charge >= 0.3 is 5.97 Å². The quantitative estimate of drug-likeness (QED) is 0.291. The van der Waals surface area contributed by atoms with E-state index in [0.717, 1.165) is 31.3 Å². The van der Waals surface area contributed by atoms with E-state index in [9.17, 15) is 14.7 Å². The minimum Gasteiger partial charge on any atom is -0.462 e. The van der Waals surface area contributed by atoms with Gasteiger partial charge in [-0.1, -0.05) is 57.5 Å². The summed E-state index contributed by atoms with van der Waals surface area (Å²) in [6.45, 7) is 13.0. The zero-order valence-electron chi connectivity index (χ0n) is 26.6. The van der Waals surface area contributed by atoms with Crippen molar-refractivity contribution >= 4 is 11.9 Å². The third-order valence-corrected chi connectivity index (χ3v) is 13.0. The Kier molecular flexibility index (Phi) is 7.03. The van der Waals surface area contributed by atoms with Crippen LogP contribution in [0.25, 0.3) is 0 Å². The molecule has 0 bridgehead atoms. The van der Waals surface area contributed by atoms with Gasteiger partial charge in [0.05, 0.1) is 18.2 Å². The van der Waals surface area contributed by atoms with Crippen molar-refractivity contribution in [1.29, 1.82) is 0 Å². The number of carbonyl (C=O) groups is 2. The van der Waals surface area contributed by atoms with Gasteiger partial charge < -0.3 is 24.8 Å². The Morgan fingerprint density at radius 2 is 1.81 bits per heavy atom. The molecule has 1 aromatic rings. The number of epoxide rings is 1. The van der Waals surface area contributed by atoms with Gasteiger partial charge in [-0.3, -0.25) is 9.59 Å². The van der Waals surface area contributed by atoms with E-state index in [2.05, 4.69) is 58.9 Å². The van der Waals surface area contributed by atoms with Gasteiger partial charge in [0.1, 0.15) is 11.7 Å². The van der Waals surface area contributed by atoms with Crippen molar-refractivity contribution in [2.24, 2.45) is 34.0 Å². The van der Waals surface area contributed by atoms with Crippen LogP contribution in [0, 0.1) is 34.0 Å². The molecule has 5 aliphatic rings. The molecule has 42 heavy (non-hydrogen) atoms. The fourth-order valence-corrected chi connectivity index (χ4v) is 10.5. The fraction of sp³-hybridized carbons (Fsp3) is 0.714.